The van der Waals surface area contributed by atoms with E-state index in [0.717, 1.165) is 18.5 Å². The Balaban J connectivity index is 1.44. The Kier molecular flexibility index (Phi) is 5.26. The van der Waals surface area contributed by atoms with Crippen LogP contribution in [0.1, 0.15) is 19.8 Å². The average molecular weight is 333 g/mol. The van der Waals surface area contributed by atoms with Crippen LogP contribution in [0.15, 0.2) is 30.3 Å². The van der Waals surface area contributed by atoms with Gasteiger partial charge in [0.05, 0.1) is 13.2 Å². The fraction of sp³-hybridized carbons (Fsp3) is 0.611. The van der Waals surface area contributed by atoms with Gasteiger partial charge in [-0.1, -0.05) is 18.2 Å². The highest BCUT2D eigenvalue weighted by Crippen LogP contribution is 2.31. The van der Waals surface area contributed by atoms with Crippen LogP contribution in [0.3, 0.4) is 0 Å². The van der Waals surface area contributed by atoms with Gasteiger partial charge in [0.15, 0.2) is 5.79 Å². The van der Waals surface area contributed by atoms with E-state index >= 15 is 0 Å². The van der Waals surface area contributed by atoms with Crippen molar-refractivity contribution in [3.05, 3.63) is 30.3 Å². The largest absolute Gasteiger partial charge is 0.370 e. The number of nitrogens with one attached hydrogen (secondary N) is 1. The summed E-state index contributed by atoms with van der Waals surface area (Å²) in [5.74, 6) is -0.433. The van der Waals surface area contributed by atoms with Crippen LogP contribution >= 0.6 is 0 Å². The second-order valence-corrected chi connectivity index (χ2v) is 6.58. The van der Waals surface area contributed by atoms with Gasteiger partial charge >= 0.3 is 6.03 Å². The second-order valence-electron chi connectivity index (χ2n) is 6.58. The van der Waals surface area contributed by atoms with E-state index in [1.807, 2.05) is 30.1 Å². The first kappa shape index (κ1) is 17.0. The molecule has 2 heterocycles. The Morgan fingerprint density at radius 1 is 1.25 bits per heavy atom. The average Bonchev–Trinajstić information content (AvgIpc) is 3.08. The van der Waals surface area contributed by atoms with Crippen molar-refractivity contribution in [2.45, 2.75) is 31.6 Å². The van der Waals surface area contributed by atoms with Crippen LogP contribution in [0.25, 0.3) is 0 Å². The lowest BCUT2D eigenvalue weighted by Gasteiger charge is -2.37. The first-order chi connectivity index (χ1) is 11.6. The first-order valence-electron chi connectivity index (χ1n) is 8.68. The molecule has 2 fully saturated rings. The molecule has 132 valence electrons. The molecule has 0 bridgehead atoms. The van der Waals surface area contributed by atoms with Crippen LogP contribution in [0.4, 0.5) is 10.5 Å². The van der Waals surface area contributed by atoms with Gasteiger partial charge in [0.1, 0.15) is 0 Å². The highest BCUT2D eigenvalue weighted by atomic mass is 16.7. The Labute approximate surface area is 143 Å². The minimum atomic E-state index is -0.433. The number of benzene rings is 1. The van der Waals surface area contributed by atoms with Gasteiger partial charge in [0.2, 0.25) is 0 Å². The van der Waals surface area contributed by atoms with Crippen LogP contribution in [-0.4, -0.2) is 62.7 Å². The molecule has 1 spiro atoms. The molecule has 0 aromatic heterocycles. The molecule has 1 N–H and O–H groups in total. The second kappa shape index (κ2) is 7.40. The summed E-state index contributed by atoms with van der Waals surface area (Å²) < 4.78 is 11.4. The number of hydrogen-bond donors (Lipinski definition) is 1. The van der Waals surface area contributed by atoms with Gasteiger partial charge in [0.25, 0.3) is 0 Å². The number of hydrogen-bond acceptors (Lipinski definition) is 4. The number of likely N-dealkylation sites (N-methyl/N-ethyl adjacent to an activating group) is 1. The van der Waals surface area contributed by atoms with Crippen LogP contribution in [0.5, 0.6) is 0 Å². The van der Waals surface area contributed by atoms with E-state index in [-0.39, 0.29) is 12.1 Å². The Morgan fingerprint density at radius 3 is 2.50 bits per heavy atom. The van der Waals surface area contributed by atoms with E-state index < -0.39 is 5.79 Å². The third-order valence-corrected chi connectivity index (χ3v) is 5.00. The molecule has 2 aliphatic heterocycles. The molecular weight excluding hydrogens is 306 g/mol. The van der Waals surface area contributed by atoms with Gasteiger partial charge in [-0.15, -0.1) is 0 Å². The summed E-state index contributed by atoms with van der Waals surface area (Å²) in [6, 6.07) is 10.4. The SMILES string of the molecule is C[C@@H](CNC(=O)N1CCC2(CC1)OCCO2)N(C)c1ccccc1. The van der Waals surface area contributed by atoms with Crippen LogP contribution < -0.4 is 10.2 Å². The number of nitrogens with zero attached hydrogens (tertiary/aromatic N) is 2. The zero-order valence-electron chi connectivity index (χ0n) is 14.5. The number of rotatable bonds is 4. The molecule has 2 aliphatic rings. The Morgan fingerprint density at radius 2 is 1.88 bits per heavy atom. The minimum absolute atomic E-state index is 0.00356. The quantitative estimate of drug-likeness (QED) is 0.916. The van der Waals surface area contributed by atoms with E-state index in [4.69, 9.17) is 9.47 Å². The summed E-state index contributed by atoms with van der Waals surface area (Å²) in [7, 11) is 2.05. The van der Waals surface area contributed by atoms with E-state index in [1.54, 1.807) is 0 Å². The summed E-state index contributed by atoms with van der Waals surface area (Å²) in [4.78, 5) is 16.4. The molecule has 0 saturated carbocycles. The maximum atomic E-state index is 12.4. The molecule has 2 saturated heterocycles. The van der Waals surface area contributed by atoms with E-state index in [1.165, 1.54) is 0 Å². The highest BCUT2D eigenvalue weighted by Gasteiger charge is 2.40. The summed E-state index contributed by atoms with van der Waals surface area (Å²) >= 11 is 0. The zero-order chi connectivity index (χ0) is 17.0. The van der Waals surface area contributed by atoms with E-state index in [0.29, 0.717) is 32.8 Å². The predicted octanol–water partition coefficient (Wildman–Crippen LogP) is 2.06. The fourth-order valence-corrected chi connectivity index (χ4v) is 3.24. The molecule has 6 heteroatoms. The molecule has 3 rings (SSSR count). The molecule has 0 radical (unpaired) electrons. The number of urea groups is 1. The molecule has 1 atom stereocenters. The number of ether oxygens (including phenoxy) is 2. The van der Waals surface area contributed by atoms with Crippen molar-refractivity contribution < 1.29 is 14.3 Å². The Hall–Kier alpha value is -1.79. The van der Waals surface area contributed by atoms with Crippen molar-refractivity contribution in [2.24, 2.45) is 0 Å². The summed E-state index contributed by atoms with van der Waals surface area (Å²) in [6.07, 6.45) is 1.50. The number of piperidine rings is 1. The molecule has 0 aliphatic carbocycles. The van der Waals surface area contributed by atoms with Crippen molar-refractivity contribution in [1.82, 2.24) is 10.2 Å². The Bertz CT molecular complexity index is 536. The van der Waals surface area contributed by atoms with Gasteiger partial charge in [-0.3, -0.25) is 0 Å². The first-order valence-corrected chi connectivity index (χ1v) is 8.68. The van der Waals surface area contributed by atoms with Crippen molar-refractivity contribution >= 4 is 11.7 Å². The maximum Gasteiger partial charge on any atom is 0.317 e. The highest BCUT2D eigenvalue weighted by molar-refractivity contribution is 5.74. The molecule has 1 aromatic rings. The molecule has 1 aromatic carbocycles. The summed E-state index contributed by atoms with van der Waals surface area (Å²) in [5.41, 5.74) is 1.15. The van der Waals surface area contributed by atoms with E-state index in [9.17, 15) is 4.79 Å². The summed E-state index contributed by atoms with van der Waals surface area (Å²) in [6.45, 7) is 5.39. The lowest BCUT2D eigenvalue weighted by Crippen LogP contribution is -2.52. The topological polar surface area (TPSA) is 54.0 Å². The van der Waals surface area contributed by atoms with Crippen molar-refractivity contribution in [1.29, 1.82) is 0 Å². The maximum absolute atomic E-state index is 12.4. The van der Waals surface area contributed by atoms with Crippen molar-refractivity contribution in [3.63, 3.8) is 0 Å². The van der Waals surface area contributed by atoms with Gasteiger partial charge in [-0.25, -0.2) is 4.79 Å². The normalized spacial score (nSPS) is 20.8. The monoisotopic (exact) mass is 333 g/mol. The molecule has 0 unspecified atom stereocenters. The number of carbonyl (C=O) groups is 1. The lowest BCUT2D eigenvalue weighted by atomic mass is 10.0. The van der Waals surface area contributed by atoms with Gasteiger partial charge in [-0.05, 0) is 19.1 Å². The number of anilines is 1. The number of para-hydroxylation sites is 1. The van der Waals surface area contributed by atoms with Crippen molar-refractivity contribution in [3.8, 4) is 0 Å². The number of likely N-dealkylation sites (tertiary alicyclic amines) is 1. The lowest BCUT2D eigenvalue weighted by molar-refractivity contribution is -0.181. The van der Waals surface area contributed by atoms with Gasteiger partial charge < -0.3 is 24.6 Å². The minimum Gasteiger partial charge on any atom is -0.370 e. The fourth-order valence-electron chi connectivity index (χ4n) is 3.24. The van der Waals surface area contributed by atoms with Gasteiger partial charge in [-0.2, -0.15) is 0 Å². The third kappa shape index (κ3) is 3.82. The molecule has 6 nitrogen and oxygen atoms in total. The zero-order valence-corrected chi connectivity index (χ0v) is 14.5. The predicted molar refractivity (Wildman–Crippen MR) is 93.1 cm³/mol. The molecular formula is C18H27N3O3. The molecule has 2 amide bonds. The smallest absolute Gasteiger partial charge is 0.317 e. The van der Waals surface area contributed by atoms with Crippen molar-refractivity contribution in [2.75, 3.05) is 44.8 Å². The van der Waals surface area contributed by atoms with Crippen LogP contribution in [0, 0.1) is 0 Å². The van der Waals surface area contributed by atoms with Crippen LogP contribution in [-0.2, 0) is 9.47 Å². The van der Waals surface area contributed by atoms with Gasteiger partial charge in [0, 0.05) is 51.3 Å². The van der Waals surface area contributed by atoms with Crippen LogP contribution in [0.2, 0.25) is 0 Å². The number of amides is 2. The van der Waals surface area contributed by atoms with E-state index in [2.05, 4.69) is 29.3 Å². The third-order valence-electron chi connectivity index (χ3n) is 5.00. The standard InChI is InChI=1S/C18H27N3O3/c1-15(20(2)16-6-4-3-5-7-16)14-19-17(22)21-10-8-18(9-11-21)23-12-13-24-18/h3-7,15H,8-14H2,1-2H3,(H,19,22)/t15-/m0/s1. The number of carbonyl (C=O) groups excluding carboxylic acids is 1. The molecule has 24 heavy (non-hydrogen) atoms. The summed E-state index contributed by atoms with van der Waals surface area (Å²) in [5, 5.41) is 3.05.